The Kier molecular flexibility index (Phi) is 4.21. The molecule has 7 rings (SSSR count). The maximum atomic E-state index is 13.9. The molecule has 33 heavy (non-hydrogen) atoms. The lowest BCUT2D eigenvalue weighted by Crippen LogP contribution is -2.50. The number of anilines is 1. The highest BCUT2D eigenvalue weighted by Gasteiger charge is 2.85. The Balaban J connectivity index is 0.972. The summed E-state index contributed by atoms with van der Waals surface area (Å²) in [7, 11) is 0. The summed E-state index contributed by atoms with van der Waals surface area (Å²) in [5.74, 6) is 2.29. The van der Waals surface area contributed by atoms with Gasteiger partial charge in [-0.3, -0.25) is 24.4 Å². The van der Waals surface area contributed by atoms with Gasteiger partial charge in [0.05, 0.1) is 17.0 Å². The third kappa shape index (κ3) is 2.34. The molecule has 7 nitrogen and oxygen atoms in total. The first-order valence-electron chi connectivity index (χ1n) is 12.6. The van der Waals surface area contributed by atoms with E-state index in [1.54, 1.807) is 17.3 Å². The van der Waals surface area contributed by atoms with Crippen LogP contribution in [-0.2, 0) is 9.59 Å². The van der Waals surface area contributed by atoms with Gasteiger partial charge in [-0.05, 0) is 55.9 Å². The summed E-state index contributed by atoms with van der Waals surface area (Å²) in [4.78, 5) is 42.7. The number of nitrogens with zero attached hydrogens (tertiary/aromatic N) is 5. The van der Waals surface area contributed by atoms with Crippen LogP contribution in [0.25, 0.3) is 0 Å². The molecule has 4 aliphatic carbocycles. The lowest BCUT2D eigenvalue weighted by molar-refractivity contribution is -0.144. The van der Waals surface area contributed by atoms with Crippen LogP contribution in [0.3, 0.4) is 0 Å². The Hall–Kier alpha value is -2.54. The number of amides is 2. The molecule has 1 aromatic rings. The number of imide groups is 1. The highest BCUT2D eigenvalue weighted by molar-refractivity contribution is 6.12. The van der Waals surface area contributed by atoms with Gasteiger partial charge in [0.15, 0.2) is 0 Å². The van der Waals surface area contributed by atoms with Gasteiger partial charge < -0.3 is 4.90 Å². The Labute approximate surface area is 194 Å². The van der Waals surface area contributed by atoms with Crippen molar-refractivity contribution < 1.29 is 9.59 Å². The monoisotopic (exact) mass is 445 g/mol. The van der Waals surface area contributed by atoms with E-state index in [-0.39, 0.29) is 35.5 Å². The van der Waals surface area contributed by atoms with Crippen LogP contribution < -0.4 is 4.90 Å². The SMILES string of the molecule is O=C1N(CCCCN2CCN(c3cnccn3)CC2)C(=O)C23C4C=CC(C4)C12C1C=CC3C1. The van der Waals surface area contributed by atoms with E-state index in [2.05, 4.69) is 44.1 Å². The summed E-state index contributed by atoms with van der Waals surface area (Å²) in [6.07, 6.45) is 18.2. The fraction of sp³-hybridized carbons (Fsp3) is 0.615. The number of carbonyl (C=O) groups is 2. The first-order chi connectivity index (χ1) is 16.2. The molecule has 4 unspecified atom stereocenters. The maximum Gasteiger partial charge on any atom is 0.237 e. The van der Waals surface area contributed by atoms with Crippen molar-refractivity contribution in [2.45, 2.75) is 25.7 Å². The van der Waals surface area contributed by atoms with Crippen LogP contribution in [0.5, 0.6) is 0 Å². The molecule has 4 fully saturated rings. The zero-order valence-corrected chi connectivity index (χ0v) is 19.0. The van der Waals surface area contributed by atoms with Gasteiger partial charge in [0, 0.05) is 45.1 Å². The van der Waals surface area contributed by atoms with Crippen LogP contribution >= 0.6 is 0 Å². The van der Waals surface area contributed by atoms with E-state index in [4.69, 9.17) is 0 Å². The molecule has 4 bridgehead atoms. The second kappa shape index (κ2) is 6.98. The molecule has 0 aromatic carbocycles. The second-order valence-electron chi connectivity index (χ2n) is 10.8. The molecule has 2 amide bonds. The van der Waals surface area contributed by atoms with Crippen molar-refractivity contribution in [2.75, 3.05) is 44.2 Å². The Bertz CT molecular complexity index is 970. The fourth-order valence-electron chi connectivity index (χ4n) is 8.52. The molecule has 0 N–H and O–H groups in total. The second-order valence-corrected chi connectivity index (χ2v) is 10.8. The predicted molar refractivity (Wildman–Crippen MR) is 123 cm³/mol. The molecule has 2 saturated heterocycles. The third-order valence-corrected chi connectivity index (χ3v) is 9.74. The molecule has 6 aliphatic rings. The summed E-state index contributed by atoms with van der Waals surface area (Å²) in [6.45, 7) is 5.53. The van der Waals surface area contributed by atoms with Crippen LogP contribution in [0.1, 0.15) is 25.7 Å². The highest BCUT2D eigenvalue weighted by atomic mass is 16.2. The third-order valence-electron chi connectivity index (χ3n) is 9.74. The van der Waals surface area contributed by atoms with Crippen LogP contribution in [-0.4, -0.2) is 70.9 Å². The average Bonchev–Trinajstić information content (AvgIpc) is 3.65. The average molecular weight is 446 g/mol. The topological polar surface area (TPSA) is 69.6 Å². The lowest BCUT2D eigenvalue weighted by Gasteiger charge is -2.43. The molecule has 1 aromatic heterocycles. The zero-order chi connectivity index (χ0) is 22.2. The highest BCUT2D eigenvalue weighted by Crippen LogP contribution is 2.80. The number of rotatable bonds is 6. The van der Waals surface area contributed by atoms with Gasteiger partial charge in [-0.25, -0.2) is 4.98 Å². The van der Waals surface area contributed by atoms with Crippen molar-refractivity contribution in [3.05, 3.63) is 42.9 Å². The van der Waals surface area contributed by atoms with Gasteiger partial charge >= 0.3 is 0 Å². The van der Waals surface area contributed by atoms with Gasteiger partial charge in [0.25, 0.3) is 0 Å². The van der Waals surface area contributed by atoms with E-state index in [0.717, 1.165) is 64.2 Å². The normalized spacial score (nSPS) is 40.4. The minimum atomic E-state index is -0.459. The molecule has 3 heterocycles. The number of aromatic nitrogens is 2. The smallest absolute Gasteiger partial charge is 0.237 e. The van der Waals surface area contributed by atoms with Gasteiger partial charge in [-0.1, -0.05) is 24.3 Å². The van der Waals surface area contributed by atoms with E-state index in [1.807, 2.05) is 6.20 Å². The number of hydrogen-bond acceptors (Lipinski definition) is 6. The van der Waals surface area contributed by atoms with E-state index in [1.165, 1.54) is 0 Å². The van der Waals surface area contributed by atoms with E-state index >= 15 is 0 Å². The maximum absolute atomic E-state index is 13.9. The van der Waals surface area contributed by atoms with Gasteiger partial charge in [-0.15, -0.1) is 0 Å². The van der Waals surface area contributed by atoms with Crippen molar-refractivity contribution in [3.8, 4) is 0 Å². The minimum Gasteiger partial charge on any atom is -0.353 e. The summed E-state index contributed by atoms with van der Waals surface area (Å²) in [5, 5.41) is 0. The van der Waals surface area contributed by atoms with Gasteiger partial charge in [0.2, 0.25) is 11.8 Å². The van der Waals surface area contributed by atoms with Crippen LogP contribution in [0.15, 0.2) is 42.9 Å². The number of fused-ring (bicyclic) bond motifs is 4. The summed E-state index contributed by atoms with van der Waals surface area (Å²) in [5.41, 5.74) is -0.918. The standard InChI is InChI=1S/C26H31N5O2/c32-23-25-18-3-4-19(15-18)26(25,21-6-5-20(25)16-21)24(33)31(23)10-2-1-9-29-11-13-30(14-12-29)22-17-27-7-8-28-22/h3-8,17-21H,1-2,9-16H2. The first kappa shape index (κ1) is 19.9. The van der Waals surface area contributed by atoms with Crippen molar-refractivity contribution in [1.29, 1.82) is 0 Å². The molecule has 4 atom stereocenters. The quantitative estimate of drug-likeness (QED) is 0.380. The van der Waals surface area contributed by atoms with Gasteiger partial charge in [-0.2, -0.15) is 0 Å². The molecule has 172 valence electrons. The van der Waals surface area contributed by atoms with Crippen LogP contribution in [0.4, 0.5) is 5.82 Å². The Morgan fingerprint density at radius 1 is 0.788 bits per heavy atom. The van der Waals surface area contributed by atoms with Gasteiger partial charge in [0.1, 0.15) is 5.82 Å². The van der Waals surface area contributed by atoms with E-state index in [9.17, 15) is 9.59 Å². The zero-order valence-electron chi connectivity index (χ0n) is 19.0. The minimum absolute atomic E-state index is 0.152. The van der Waals surface area contributed by atoms with Crippen molar-refractivity contribution in [2.24, 2.45) is 34.5 Å². The van der Waals surface area contributed by atoms with E-state index < -0.39 is 10.8 Å². The molecule has 0 radical (unpaired) electrons. The Morgan fingerprint density at radius 3 is 1.91 bits per heavy atom. The number of carbonyl (C=O) groups excluding carboxylic acids is 2. The lowest BCUT2D eigenvalue weighted by atomic mass is 9.54. The van der Waals surface area contributed by atoms with Crippen molar-refractivity contribution in [3.63, 3.8) is 0 Å². The first-order valence-corrected chi connectivity index (χ1v) is 12.6. The predicted octanol–water partition coefficient (Wildman–Crippen LogP) is 2.13. The molecular weight excluding hydrogens is 414 g/mol. The van der Waals surface area contributed by atoms with Crippen LogP contribution in [0.2, 0.25) is 0 Å². The molecule has 2 saturated carbocycles. The summed E-state index contributed by atoms with van der Waals surface area (Å²) >= 11 is 0. The number of likely N-dealkylation sites (tertiary alicyclic amines) is 1. The molecule has 2 aliphatic heterocycles. The fourth-order valence-corrected chi connectivity index (χ4v) is 8.52. The Morgan fingerprint density at radius 2 is 1.36 bits per heavy atom. The van der Waals surface area contributed by atoms with E-state index in [0.29, 0.717) is 6.54 Å². The summed E-state index contributed by atoms with van der Waals surface area (Å²) in [6, 6.07) is 0. The summed E-state index contributed by atoms with van der Waals surface area (Å²) < 4.78 is 0. The van der Waals surface area contributed by atoms with Crippen LogP contribution in [0, 0.1) is 34.5 Å². The number of piperazine rings is 1. The van der Waals surface area contributed by atoms with Crippen molar-refractivity contribution in [1.82, 2.24) is 19.8 Å². The number of allylic oxidation sites excluding steroid dienone is 4. The molecular formula is C26H31N5O2. The largest absolute Gasteiger partial charge is 0.353 e. The van der Waals surface area contributed by atoms with Crippen molar-refractivity contribution >= 4 is 17.6 Å². The number of hydrogen-bond donors (Lipinski definition) is 0. The molecule has 0 spiro atoms. The molecule has 7 heteroatoms. The number of unbranched alkanes of at least 4 members (excludes halogenated alkanes) is 1.